The maximum atomic E-state index is 12.9. The number of carbonyl (C=O) groups excluding carboxylic acids is 1. The second-order valence-corrected chi connectivity index (χ2v) is 10.6. The number of sulfonamides is 1. The number of nitrogens with zero attached hydrogens (tertiary/aromatic N) is 2. The van der Waals surface area contributed by atoms with Gasteiger partial charge >= 0.3 is 0 Å². The second kappa shape index (κ2) is 9.93. The second-order valence-electron chi connectivity index (χ2n) is 7.93. The van der Waals surface area contributed by atoms with E-state index in [1.165, 1.54) is 0 Å². The number of thiazole rings is 1. The van der Waals surface area contributed by atoms with Crippen LogP contribution in [0.5, 0.6) is 0 Å². The highest BCUT2D eigenvalue weighted by atomic mass is 32.2. The molecule has 3 aromatic rings. The molecule has 0 saturated carbocycles. The SMILES string of the molecule is CCN(CC)c1ccc(NC(=O)c2sc(NS(=O)(=O)c3ccc(C)cc3C)nc2C)c(C)c1. The van der Waals surface area contributed by atoms with E-state index in [2.05, 4.69) is 33.8 Å². The highest BCUT2D eigenvalue weighted by Gasteiger charge is 2.22. The maximum Gasteiger partial charge on any atom is 0.267 e. The molecule has 2 aromatic carbocycles. The summed E-state index contributed by atoms with van der Waals surface area (Å²) in [6.07, 6.45) is 0. The van der Waals surface area contributed by atoms with Crippen molar-refractivity contribution in [1.29, 1.82) is 0 Å². The van der Waals surface area contributed by atoms with E-state index in [9.17, 15) is 13.2 Å². The summed E-state index contributed by atoms with van der Waals surface area (Å²) in [7, 11) is -3.81. The maximum absolute atomic E-state index is 12.9. The number of hydrogen-bond acceptors (Lipinski definition) is 6. The molecule has 9 heteroatoms. The Labute approximate surface area is 199 Å². The smallest absolute Gasteiger partial charge is 0.267 e. The van der Waals surface area contributed by atoms with Crippen LogP contribution in [-0.4, -0.2) is 32.4 Å². The van der Waals surface area contributed by atoms with E-state index in [0.717, 1.165) is 41.2 Å². The van der Waals surface area contributed by atoms with Crippen LogP contribution < -0.4 is 14.9 Å². The van der Waals surface area contributed by atoms with Gasteiger partial charge in [0.2, 0.25) is 0 Å². The van der Waals surface area contributed by atoms with Crippen LogP contribution in [0.3, 0.4) is 0 Å². The summed E-state index contributed by atoms with van der Waals surface area (Å²) < 4.78 is 28.2. The van der Waals surface area contributed by atoms with E-state index in [-0.39, 0.29) is 15.9 Å². The first-order valence-corrected chi connectivity index (χ1v) is 13.1. The van der Waals surface area contributed by atoms with Crippen molar-refractivity contribution in [3.05, 3.63) is 63.7 Å². The zero-order valence-corrected chi connectivity index (χ0v) is 21.4. The van der Waals surface area contributed by atoms with Gasteiger partial charge in [0.25, 0.3) is 15.9 Å². The number of amides is 1. The lowest BCUT2D eigenvalue weighted by Crippen LogP contribution is -2.22. The van der Waals surface area contributed by atoms with Gasteiger partial charge in [0.15, 0.2) is 5.13 Å². The van der Waals surface area contributed by atoms with Gasteiger partial charge in [0.1, 0.15) is 4.88 Å². The molecule has 1 amide bonds. The minimum Gasteiger partial charge on any atom is -0.372 e. The number of anilines is 3. The lowest BCUT2D eigenvalue weighted by Gasteiger charge is -2.22. The Balaban J connectivity index is 1.79. The Kier molecular flexibility index (Phi) is 7.44. The molecule has 33 heavy (non-hydrogen) atoms. The minimum atomic E-state index is -3.81. The third-order valence-corrected chi connectivity index (χ3v) is 8.13. The molecule has 1 aromatic heterocycles. The molecule has 0 radical (unpaired) electrons. The normalized spacial score (nSPS) is 11.3. The Bertz CT molecular complexity index is 1280. The van der Waals surface area contributed by atoms with E-state index in [1.807, 2.05) is 38.1 Å². The molecular weight excluding hydrogens is 456 g/mol. The Hall–Kier alpha value is -2.91. The number of carbonyl (C=O) groups is 1. The molecule has 7 nitrogen and oxygen atoms in total. The monoisotopic (exact) mass is 486 g/mol. The molecule has 0 spiro atoms. The van der Waals surface area contributed by atoms with Crippen LogP contribution in [0.15, 0.2) is 41.3 Å². The van der Waals surface area contributed by atoms with Gasteiger partial charge in [-0.25, -0.2) is 13.4 Å². The van der Waals surface area contributed by atoms with Crippen molar-refractivity contribution >= 4 is 43.8 Å². The molecule has 0 atom stereocenters. The van der Waals surface area contributed by atoms with E-state index >= 15 is 0 Å². The number of benzene rings is 2. The number of rotatable bonds is 8. The lowest BCUT2D eigenvalue weighted by atomic mass is 10.1. The topological polar surface area (TPSA) is 91.4 Å². The van der Waals surface area contributed by atoms with Crippen molar-refractivity contribution in [1.82, 2.24) is 4.98 Å². The van der Waals surface area contributed by atoms with Gasteiger partial charge in [-0.15, -0.1) is 0 Å². The fraction of sp³-hybridized carbons (Fsp3) is 0.333. The quantitative estimate of drug-likeness (QED) is 0.452. The van der Waals surface area contributed by atoms with E-state index in [0.29, 0.717) is 21.8 Å². The highest BCUT2D eigenvalue weighted by Crippen LogP contribution is 2.28. The summed E-state index contributed by atoms with van der Waals surface area (Å²) in [6, 6.07) is 11.1. The van der Waals surface area contributed by atoms with Crippen molar-refractivity contribution in [3.8, 4) is 0 Å². The average molecular weight is 487 g/mol. The van der Waals surface area contributed by atoms with Gasteiger partial charge in [-0.2, -0.15) is 0 Å². The van der Waals surface area contributed by atoms with Crippen LogP contribution in [0.1, 0.15) is 45.9 Å². The summed E-state index contributed by atoms with van der Waals surface area (Å²) in [4.78, 5) is 20.0. The highest BCUT2D eigenvalue weighted by molar-refractivity contribution is 7.93. The number of aryl methyl sites for hydroxylation is 4. The lowest BCUT2D eigenvalue weighted by molar-refractivity contribution is 0.102. The van der Waals surface area contributed by atoms with Gasteiger partial charge in [-0.3, -0.25) is 9.52 Å². The first kappa shape index (κ1) is 24.7. The first-order valence-electron chi connectivity index (χ1n) is 10.8. The van der Waals surface area contributed by atoms with Gasteiger partial charge in [0, 0.05) is 24.5 Å². The van der Waals surface area contributed by atoms with Crippen molar-refractivity contribution in [2.24, 2.45) is 0 Å². The predicted molar refractivity (Wildman–Crippen MR) is 136 cm³/mol. The summed E-state index contributed by atoms with van der Waals surface area (Å²) >= 11 is 1.02. The molecule has 0 aliphatic rings. The molecule has 1 heterocycles. The fourth-order valence-corrected chi connectivity index (χ4v) is 6.00. The fourth-order valence-electron chi connectivity index (χ4n) is 3.67. The molecule has 0 saturated heterocycles. The van der Waals surface area contributed by atoms with Crippen molar-refractivity contribution in [2.45, 2.75) is 46.4 Å². The first-order chi connectivity index (χ1) is 15.6. The molecule has 0 unspecified atom stereocenters. The molecule has 3 rings (SSSR count). The number of aromatic nitrogens is 1. The van der Waals surface area contributed by atoms with Crippen molar-refractivity contribution in [2.75, 3.05) is 28.0 Å². The Morgan fingerprint density at radius 1 is 1.00 bits per heavy atom. The molecule has 176 valence electrons. The largest absolute Gasteiger partial charge is 0.372 e. The molecular formula is C24H30N4O3S2. The third kappa shape index (κ3) is 5.54. The van der Waals surface area contributed by atoms with Crippen LogP contribution in [0.25, 0.3) is 0 Å². The van der Waals surface area contributed by atoms with Crippen LogP contribution in [0.2, 0.25) is 0 Å². The summed E-state index contributed by atoms with van der Waals surface area (Å²) in [5.74, 6) is -0.319. The van der Waals surface area contributed by atoms with E-state index < -0.39 is 10.0 Å². The summed E-state index contributed by atoms with van der Waals surface area (Å²) in [6.45, 7) is 13.3. The van der Waals surface area contributed by atoms with Crippen molar-refractivity contribution < 1.29 is 13.2 Å². The zero-order valence-electron chi connectivity index (χ0n) is 19.8. The third-order valence-electron chi connectivity index (χ3n) is 5.43. The molecule has 2 N–H and O–H groups in total. The van der Waals surface area contributed by atoms with Crippen LogP contribution in [0, 0.1) is 27.7 Å². The standard InChI is InChI=1S/C24H30N4O3S2/c1-7-28(8-2)19-10-11-20(16(4)14-19)26-23(29)22-18(6)25-24(32-22)27-33(30,31)21-12-9-15(3)13-17(21)5/h9-14H,7-8H2,1-6H3,(H,25,27)(H,26,29). The van der Waals surface area contributed by atoms with E-state index in [1.54, 1.807) is 26.0 Å². The van der Waals surface area contributed by atoms with Gasteiger partial charge in [0.05, 0.1) is 10.6 Å². The average Bonchev–Trinajstić information content (AvgIpc) is 3.09. The number of nitrogens with one attached hydrogen (secondary N) is 2. The number of hydrogen-bond donors (Lipinski definition) is 2. The molecule has 0 aliphatic carbocycles. The minimum absolute atomic E-state index is 0.159. The molecule has 0 fully saturated rings. The summed E-state index contributed by atoms with van der Waals surface area (Å²) in [5, 5.41) is 3.09. The van der Waals surface area contributed by atoms with Crippen molar-refractivity contribution in [3.63, 3.8) is 0 Å². The van der Waals surface area contributed by atoms with E-state index in [4.69, 9.17) is 0 Å². The van der Waals surface area contributed by atoms with Gasteiger partial charge in [-0.1, -0.05) is 29.0 Å². The van der Waals surface area contributed by atoms with Crippen LogP contribution in [-0.2, 0) is 10.0 Å². The summed E-state index contributed by atoms with van der Waals surface area (Å²) in [5.41, 5.74) is 4.86. The van der Waals surface area contributed by atoms with Crippen LogP contribution in [0.4, 0.5) is 16.5 Å². The van der Waals surface area contributed by atoms with Gasteiger partial charge < -0.3 is 10.2 Å². The predicted octanol–water partition coefficient (Wildman–Crippen LogP) is 5.28. The molecule has 0 aliphatic heterocycles. The zero-order chi connectivity index (χ0) is 24.3. The molecule has 0 bridgehead atoms. The Morgan fingerprint density at radius 3 is 2.30 bits per heavy atom. The van der Waals surface area contributed by atoms with Gasteiger partial charge in [-0.05, 0) is 76.9 Å². The Morgan fingerprint density at radius 2 is 1.70 bits per heavy atom. The van der Waals surface area contributed by atoms with Crippen LogP contribution >= 0.6 is 11.3 Å².